The number of nitriles is 1. The maximum atomic E-state index is 11.2. The Labute approximate surface area is 87.3 Å². The molecule has 72 valence electrons. The normalized spacial score (nSPS) is 9.14. The van der Waals surface area contributed by atoms with E-state index >= 15 is 0 Å². The van der Waals surface area contributed by atoms with Crippen LogP contribution in [0.5, 0.6) is 0 Å². The first-order valence-electron chi connectivity index (χ1n) is 4.15. The van der Waals surface area contributed by atoms with Crippen LogP contribution in [0.2, 0.25) is 5.02 Å². The largest absolute Gasteiger partial charge is 0.325 e. The standard InChI is InChI=1S/C10H9ClN2O/c11-8-4-1-2-5-9(8)13-10(14)6-3-7-12/h1-2,4-5H,3,6H2,(H,13,14). The van der Waals surface area contributed by atoms with E-state index in [0.717, 1.165) is 0 Å². The second-order valence-corrected chi connectivity index (χ2v) is 3.09. The van der Waals surface area contributed by atoms with E-state index in [2.05, 4.69) is 5.32 Å². The lowest BCUT2D eigenvalue weighted by Gasteiger charge is -2.04. The number of hydrogen-bond acceptors (Lipinski definition) is 2. The number of anilines is 1. The van der Waals surface area contributed by atoms with E-state index in [0.29, 0.717) is 10.7 Å². The molecule has 0 spiro atoms. The number of halogens is 1. The van der Waals surface area contributed by atoms with Gasteiger partial charge in [-0.05, 0) is 12.1 Å². The molecule has 3 nitrogen and oxygen atoms in total. The number of nitrogens with zero attached hydrogens (tertiary/aromatic N) is 1. The van der Waals surface area contributed by atoms with E-state index in [-0.39, 0.29) is 18.7 Å². The highest BCUT2D eigenvalue weighted by molar-refractivity contribution is 6.33. The van der Waals surface area contributed by atoms with Gasteiger partial charge in [0.25, 0.3) is 0 Å². The lowest BCUT2D eigenvalue weighted by Crippen LogP contribution is -2.10. The third kappa shape index (κ3) is 3.08. The quantitative estimate of drug-likeness (QED) is 0.830. The molecule has 0 aliphatic heterocycles. The van der Waals surface area contributed by atoms with Crippen LogP contribution >= 0.6 is 11.6 Å². The Balaban J connectivity index is 2.57. The van der Waals surface area contributed by atoms with Gasteiger partial charge in [0.15, 0.2) is 0 Å². The smallest absolute Gasteiger partial charge is 0.225 e. The Bertz CT molecular complexity index is 371. The first-order valence-corrected chi connectivity index (χ1v) is 4.53. The van der Waals surface area contributed by atoms with Crippen LogP contribution in [0.3, 0.4) is 0 Å². The van der Waals surface area contributed by atoms with Gasteiger partial charge in [-0.25, -0.2) is 0 Å². The molecule has 0 radical (unpaired) electrons. The van der Waals surface area contributed by atoms with Crippen LogP contribution in [0, 0.1) is 11.3 Å². The van der Waals surface area contributed by atoms with Crippen molar-refractivity contribution in [3.8, 4) is 6.07 Å². The summed E-state index contributed by atoms with van der Waals surface area (Å²) in [7, 11) is 0. The Kier molecular flexibility index (Phi) is 3.96. The van der Waals surface area contributed by atoms with Gasteiger partial charge in [0.1, 0.15) is 0 Å². The SMILES string of the molecule is N#CCCC(=O)Nc1ccccc1Cl. The van der Waals surface area contributed by atoms with Gasteiger partial charge < -0.3 is 5.32 Å². The molecule has 0 saturated heterocycles. The van der Waals surface area contributed by atoms with Gasteiger partial charge in [0.05, 0.1) is 16.8 Å². The van der Waals surface area contributed by atoms with Crippen LogP contribution in [0.4, 0.5) is 5.69 Å². The van der Waals surface area contributed by atoms with E-state index in [4.69, 9.17) is 16.9 Å². The molecule has 1 rings (SSSR count). The van der Waals surface area contributed by atoms with Crippen LogP contribution in [0.1, 0.15) is 12.8 Å². The molecule has 4 heteroatoms. The lowest BCUT2D eigenvalue weighted by atomic mass is 10.3. The molecule has 0 bridgehead atoms. The molecule has 1 N–H and O–H groups in total. The molecule has 0 aliphatic rings. The molecule has 0 heterocycles. The van der Waals surface area contributed by atoms with Crippen molar-refractivity contribution >= 4 is 23.2 Å². The summed E-state index contributed by atoms with van der Waals surface area (Å²) in [6.45, 7) is 0. The maximum absolute atomic E-state index is 11.2. The van der Waals surface area contributed by atoms with Gasteiger partial charge in [-0.3, -0.25) is 4.79 Å². The average Bonchev–Trinajstić information content (AvgIpc) is 2.18. The molecule has 0 fully saturated rings. The van der Waals surface area contributed by atoms with Gasteiger partial charge in [-0.15, -0.1) is 0 Å². The second kappa shape index (κ2) is 5.25. The van der Waals surface area contributed by atoms with E-state index in [1.54, 1.807) is 24.3 Å². The molecule has 1 aromatic rings. The monoisotopic (exact) mass is 208 g/mol. The molecule has 1 aromatic carbocycles. The predicted molar refractivity (Wildman–Crippen MR) is 54.9 cm³/mol. The zero-order valence-corrected chi connectivity index (χ0v) is 8.21. The zero-order chi connectivity index (χ0) is 10.4. The summed E-state index contributed by atoms with van der Waals surface area (Å²) >= 11 is 5.82. The highest BCUT2D eigenvalue weighted by atomic mass is 35.5. The van der Waals surface area contributed by atoms with Crippen molar-refractivity contribution in [3.63, 3.8) is 0 Å². The molecule has 14 heavy (non-hydrogen) atoms. The van der Waals surface area contributed by atoms with E-state index in [9.17, 15) is 4.79 Å². The molecule has 1 amide bonds. The third-order valence-corrected chi connectivity index (χ3v) is 1.94. The Morgan fingerprint density at radius 2 is 2.21 bits per heavy atom. The van der Waals surface area contributed by atoms with Crippen molar-refractivity contribution in [1.29, 1.82) is 5.26 Å². The maximum Gasteiger partial charge on any atom is 0.225 e. The number of nitrogens with one attached hydrogen (secondary N) is 1. The lowest BCUT2D eigenvalue weighted by molar-refractivity contribution is -0.116. The van der Waals surface area contributed by atoms with Crippen LogP contribution in [0.15, 0.2) is 24.3 Å². The number of rotatable bonds is 3. The molecule has 0 atom stereocenters. The minimum atomic E-state index is -0.195. The first-order chi connectivity index (χ1) is 6.74. The fraction of sp³-hybridized carbons (Fsp3) is 0.200. The van der Waals surface area contributed by atoms with E-state index < -0.39 is 0 Å². The van der Waals surface area contributed by atoms with Crippen molar-refractivity contribution in [2.75, 3.05) is 5.32 Å². The number of benzene rings is 1. The van der Waals surface area contributed by atoms with Crippen molar-refractivity contribution in [1.82, 2.24) is 0 Å². The summed E-state index contributed by atoms with van der Waals surface area (Å²) in [5, 5.41) is 11.4. The van der Waals surface area contributed by atoms with Gasteiger partial charge in [0, 0.05) is 12.8 Å². The van der Waals surface area contributed by atoms with Crippen molar-refractivity contribution in [2.45, 2.75) is 12.8 Å². The summed E-state index contributed by atoms with van der Waals surface area (Å²) in [4.78, 5) is 11.2. The average molecular weight is 209 g/mol. The minimum Gasteiger partial charge on any atom is -0.325 e. The Hall–Kier alpha value is -1.53. The third-order valence-electron chi connectivity index (χ3n) is 1.61. The molecular weight excluding hydrogens is 200 g/mol. The Morgan fingerprint density at radius 1 is 1.50 bits per heavy atom. The summed E-state index contributed by atoms with van der Waals surface area (Å²) in [6, 6.07) is 8.88. The summed E-state index contributed by atoms with van der Waals surface area (Å²) in [6.07, 6.45) is 0.415. The highest BCUT2D eigenvalue weighted by Gasteiger charge is 2.03. The summed E-state index contributed by atoms with van der Waals surface area (Å²) in [5.74, 6) is -0.195. The molecule has 0 aromatic heterocycles. The highest BCUT2D eigenvalue weighted by Crippen LogP contribution is 2.20. The van der Waals surface area contributed by atoms with Crippen LogP contribution in [-0.4, -0.2) is 5.91 Å². The number of para-hydroxylation sites is 1. The molecule has 0 unspecified atom stereocenters. The number of carbonyl (C=O) groups is 1. The van der Waals surface area contributed by atoms with Crippen molar-refractivity contribution in [3.05, 3.63) is 29.3 Å². The summed E-state index contributed by atoms with van der Waals surface area (Å²) in [5.41, 5.74) is 0.581. The van der Waals surface area contributed by atoms with Gasteiger partial charge in [-0.1, -0.05) is 23.7 Å². The fourth-order valence-electron chi connectivity index (χ4n) is 0.945. The zero-order valence-electron chi connectivity index (χ0n) is 7.46. The summed E-state index contributed by atoms with van der Waals surface area (Å²) < 4.78 is 0. The van der Waals surface area contributed by atoms with Gasteiger partial charge >= 0.3 is 0 Å². The predicted octanol–water partition coefficient (Wildman–Crippen LogP) is 2.58. The van der Waals surface area contributed by atoms with E-state index in [1.165, 1.54) is 0 Å². The fourth-order valence-corrected chi connectivity index (χ4v) is 1.13. The number of hydrogen-bond donors (Lipinski definition) is 1. The van der Waals surface area contributed by atoms with Crippen LogP contribution in [-0.2, 0) is 4.79 Å². The van der Waals surface area contributed by atoms with Gasteiger partial charge in [-0.2, -0.15) is 5.26 Å². The Morgan fingerprint density at radius 3 is 2.86 bits per heavy atom. The van der Waals surface area contributed by atoms with Crippen molar-refractivity contribution < 1.29 is 4.79 Å². The number of amides is 1. The second-order valence-electron chi connectivity index (χ2n) is 2.69. The van der Waals surface area contributed by atoms with E-state index in [1.807, 2.05) is 6.07 Å². The molecule has 0 saturated carbocycles. The van der Waals surface area contributed by atoms with Crippen LogP contribution < -0.4 is 5.32 Å². The molecular formula is C10H9ClN2O. The van der Waals surface area contributed by atoms with Crippen LogP contribution in [0.25, 0.3) is 0 Å². The minimum absolute atomic E-state index is 0.195. The number of carbonyl (C=O) groups excluding carboxylic acids is 1. The topological polar surface area (TPSA) is 52.9 Å². The van der Waals surface area contributed by atoms with Gasteiger partial charge in [0.2, 0.25) is 5.91 Å². The molecule has 0 aliphatic carbocycles. The van der Waals surface area contributed by atoms with Crippen molar-refractivity contribution in [2.24, 2.45) is 0 Å². The first kappa shape index (κ1) is 10.6.